The molecule has 0 saturated heterocycles. The molecule has 3 N–H and O–H groups in total. The molecular weight excluding hydrogens is 282 g/mol. The summed E-state index contributed by atoms with van der Waals surface area (Å²) in [5.74, 6) is 3.85. The number of hydrogen-bond donors (Lipinski definition) is 2. The van der Waals surface area contributed by atoms with Crippen molar-refractivity contribution in [3.8, 4) is 0 Å². The van der Waals surface area contributed by atoms with E-state index in [1.807, 2.05) is 0 Å². The van der Waals surface area contributed by atoms with E-state index >= 15 is 0 Å². The maximum Gasteiger partial charge on any atom is 0.349 e. The van der Waals surface area contributed by atoms with Crippen molar-refractivity contribution in [2.45, 2.75) is 6.92 Å². The molecular formula is C11H11Cl2FN2O2. The lowest BCUT2D eigenvalue weighted by Gasteiger charge is -2.06. The monoisotopic (exact) mass is 292 g/mol. The second kappa shape index (κ2) is 6.58. The van der Waals surface area contributed by atoms with Crippen LogP contribution in [0.5, 0.6) is 0 Å². The van der Waals surface area contributed by atoms with Crippen molar-refractivity contribution in [1.82, 2.24) is 0 Å². The van der Waals surface area contributed by atoms with E-state index in [0.29, 0.717) is 5.56 Å². The SMILES string of the molecule is CCOC(=O)/C(Cl)=C/c1cc(NN)c(F)cc1Cl. The van der Waals surface area contributed by atoms with Gasteiger partial charge in [-0.25, -0.2) is 9.18 Å². The number of carbonyl (C=O) groups excluding carboxylic acids is 1. The van der Waals surface area contributed by atoms with Gasteiger partial charge in [0, 0.05) is 0 Å². The Morgan fingerprint density at radius 1 is 1.61 bits per heavy atom. The third-order valence-electron chi connectivity index (χ3n) is 1.99. The second-order valence-electron chi connectivity index (χ2n) is 3.21. The van der Waals surface area contributed by atoms with Crippen LogP contribution in [0.2, 0.25) is 5.02 Å². The van der Waals surface area contributed by atoms with Crippen molar-refractivity contribution < 1.29 is 13.9 Å². The number of ether oxygens (including phenoxy) is 1. The van der Waals surface area contributed by atoms with Crippen LogP contribution in [0.4, 0.5) is 10.1 Å². The summed E-state index contributed by atoms with van der Waals surface area (Å²) in [4.78, 5) is 11.3. The zero-order chi connectivity index (χ0) is 13.7. The molecule has 0 unspecified atom stereocenters. The number of rotatable bonds is 4. The first kappa shape index (κ1) is 14.8. The van der Waals surface area contributed by atoms with Crippen LogP contribution in [0.1, 0.15) is 12.5 Å². The van der Waals surface area contributed by atoms with Gasteiger partial charge in [-0.3, -0.25) is 5.84 Å². The highest BCUT2D eigenvalue weighted by atomic mass is 35.5. The van der Waals surface area contributed by atoms with E-state index in [1.165, 1.54) is 12.1 Å². The molecule has 0 aliphatic heterocycles. The Kier molecular flexibility index (Phi) is 5.40. The maximum atomic E-state index is 13.3. The summed E-state index contributed by atoms with van der Waals surface area (Å²) < 4.78 is 18.0. The first-order valence-corrected chi connectivity index (χ1v) is 5.75. The molecule has 98 valence electrons. The highest BCUT2D eigenvalue weighted by Gasteiger charge is 2.11. The van der Waals surface area contributed by atoms with Crippen molar-refractivity contribution in [3.63, 3.8) is 0 Å². The third-order valence-corrected chi connectivity index (χ3v) is 2.59. The summed E-state index contributed by atoms with van der Waals surface area (Å²) >= 11 is 11.6. The molecule has 0 aromatic heterocycles. The molecule has 1 aromatic carbocycles. The molecule has 1 aromatic rings. The molecule has 0 bridgehead atoms. The standard InChI is InChI=1S/C11H11Cl2FN2O2/c1-2-18-11(17)8(13)3-6-4-10(16-15)9(14)5-7(6)12/h3-5,16H,2,15H2,1H3/b8-3-. The Hall–Kier alpha value is -1.30. The van der Waals surface area contributed by atoms with Crippen LogP contribution in [0.15, 0.2) is 17.2 Å². The quantitative estimate of drug-likeness (QED) is 0.388. The number of hydrogen-bond acceptors (Lipinski definition) is 4. The summed E-state index contributed by atoms with van der Waals surface area (Å²) in [6.45, 7) is 1.86. The normalized spacial score (nSPS) is 11.3. The Balaban J connectivity index is 3.10. The second-order valence-corrected chi connectivity index (χ2v) is 4.03. The average molecular weight is 293 g/mol. The molecule has 7 heteroatoms. The number of hydrazine groups is 1. The number of nitrogens with one attached hydrogen (secondary N) is 1. The Bertz CT molecular complexity index is 492. The largest absolute Gasteiger partial charge is 0.462 e. The van der Waals surface area contributed by atoms with E-state index in [4.69, 9.17) is 33.8 Å². The minimum atomic E-state index is -0.679. The predicted molar refractivity (Wildman–Crippen MR) is 69.7 cm³/mol. The van der Waals surface area contributed by atoms with Crippen LogP contribution in [-0.2, 0) is 9.53 Å². The smallest absolute Gasteiger partial charge is 0.349 e. The van der Waals surface area contributed by atoms with Crippen LogP contribution >= 0.6 is 23.2 Å². The van der Waals surface area contributed by atoms with Gasteiger partial charge in [-0.1, -0.05) is 23.2 Å². The lowest BCUT2D eigenvalue weighted by Crippen LogP contribution is -2.09. The summed E-state index contributed by atoms with van der Waals surface area (Å²) in [6, 6.07) is 2.40. The van der Waals surface area contributed by atoms with Crippen LogP contribution < -0.4 is 11.3 Å². The lowest BCUT2D eigenvalue weighted by molar-refractivity contribution is -0.137. The van der Waals surface area contributed by atoms with Gasteiger partial charge < -0.3 is 10.2 Å². The van der Waals surface area contributed by atoms with Crippen LogP contribution in [0.3, 0.4) is 0 Å². The van der Waals surface area contributed by atoms with Crippen LogP contribution in [0, 0.1) is 5.82 Å². The summed E-state index contributed by atoms with van der Waals surface area (Å²) in [5.41, 5.74) is 2.56. The van der Waals surface area contributed by atoms with Crippen molar-refractivity contribution in [3.05, 3.63) is 33.6 Å². The number of nitrogens with two attached hydrogens (primary N) is 1. The molecule has 0 spiro atoms. The zero-order valence-electron chi connectivity index (χ0n) is 9.47. The molecule has 0 fully saturated rings. The molecule has 0 amide bonds. The molecule has 0 aliphatic rings. The van der Waals surface area contributed by atoms with Gasteiger partial charge in [0.2, 0.25) is 0 Å². The zero-order valence-corrected chi connectivity index (χ0v) is 11.0. The van der Waals surface area contributed by atoms with Crippen molar-refractivity contribution in [2.24, 2.45) is 5.84 Å². The van der Waals surface area contributed by atoms with Crippen LogP contribution in [0.25, 0.3) is 6.08 Å². The number of esters is 1. The third kappa shape index (κ3) is 3.60. The number of carbonyl (C=O) groups is 1. The van der Waals surface area contributed by atoms with Gasteiger partial charge in [0.15, 0.2) is 0 Å². The molecule has 1 rings (SSSR count). The molecule has 4 nitrogen and oxygen atoms in total. The van der Waals surface area contributed by atoms with Crippen molar-refractivity contribution in [1.29, 1.82) is 0 Å². The molecule has 0 radical (unpaired) electrons. The fourth-order valence-electron chi connectivity index (χ4n) is 1.18. The van der Waals surface area contributed by atoms with E-state index in [1.54, 1.807) is 6.92 Å². The van der Waals surface area contributed by atoms with Gasteiger partial charge in [0.25, 0.3) is 0 Å². The number of anilines is 1. The van der Waals surface area contributed by atoms with E-state index in [0.717, 1.165) is 6.07 Å². The summed E-state index contributed by atoms with van der Waals surface area (Å²) in [5, 5.41) is -0.0534. The van der Waals surface area contributed by atoms with Gasteiger partial charge in [-0.05, 0) is 30.7 Å². The highest BCUT2D eigenvalue weighted by Crippen LogP contribution is 2.26. The van der Waals surface area contributed by atoms with Gasteiger partial charge >= 0.3 is 5.97 Å². The first-order valence-electron chi connectivity index (χ1n) is 4.99. The van der Waals surface area contributed by atoms with E-state index in [2.05, 4.69) is 5.43 Å². The Labute approximate surface area is 113 Å². The van der Waals surface area contributed by atoms with E-state index < -0.39 is 11.8 Å². The van der Waals surface area contributed by atoms with E-state index in [-0.39, 0.29) is 22.3 Å². The van der Waals surface area contributed by atoms with Crippen molar-refractivity contribution in [2.75, 3.05) is 12.0 Å². The topological polar surface area (TPSA) is 64.3 Å². The fourth-order valence-corrected chi connectivity index (χ4v) is 1.56. The molecule has 0 aliphatic carbocycles. The molecule has 0 heterocycles. The average Bonchev–Trinajstić information content (AvgIpc) is 2.32. The highest BCUT2D eigenvalue weighted by molar-refractivity contribution is 6.43. The molecule has 18 heavy (non-hydrogen) atoms. The number of nitrogen functional groups attached to an aromatic ring is 1. The van der Waals surface area contributed by atoms with Gasteiger partial charge in [0.05, 0.1) is 17.3 Å². The Morgan fingerprint density at radius 3 is 2.83 bits per heavy atom. The molecule has 0 saturated carbocycles. The van der Waals surface area contributed by atoms with Gasteiger partial charge in [0.1, 0.15) is 10.8 Å². The predicted octanol–water partition coefficient (Wildman–Crippen LogP) is 2.91. The summed E-state index contributed by atoms with van der Waals surface area (Å²) in [6.07, 6.45) is 1.28. The minimum Gasteiger partial charge on any atom is -0.462 e. The van der Waals surface area contributed by atoms with Crippen LogP contribution in [-0.4, -0.2) is 12.6 Å². The number of benzene rings is 1. The first-order chi connectivity index (χ1) is 8.49. The minimum absolute atomic E-state index is 0.0407. The van der Waals surface area contributed by atoms with Gasteiger partial charge in [-0.15, -0.1) is 0 Å². The summed E-state index contributed by atoms with van der Waals surface area (Å²) in [7, 11) is 0. The fraction of sp³-hybridized carbons (Fsp3) is 0.182. The lowest BCUT2D eigenvalue weighted by atomic mass is 10.1. The van der Waals surface area contributed by atoms with Gasteiger partial charge in [-0.2, -0.15) is 0 Å². The van der Waals surface area contributed by atoms with Crippen molar-refractivity contribution >= 4 is 40.9 Å². The maximum absolute atomic E-state index is 13.3. The molecule has 0 atom stereocenters. The van der Waals surface area contributed by atoms with E-state index in [9.17, 15) is 9.18 Å². The number of halogens is 3. The Morgan fingerprint density at radius 2 is 2.28 bits per heavy atom.